The summed E-state index contributed by atoms with van der Waals surface area (Å²) in [5, 5.41) is 1.21. The van der Waals surface area contributed by atoms with Crippen LogP contribution in [0.1, 0.15) is 0 Å². The molecule has 0 amide bonds. The first-order valence-corrected chi connectivity index (χ1v) is 7.04. The van der Waals surface area contributed by atoms with Gasteiger partial charge in [-0.1, -0.05) is 23.7 Å². The summed E-state index contributed by atoms with van der Waals surface area (Å²) in [5.41, 5.74) is 0.575. The lowest BCUT2D eigenvalue weighted by Gasteiger charge is -1.97. The Balaban J connectivity index is 2.53. The van der Waals surface area contributed by atoms with Gasteiger partial charge in [0.15, 0.2) is 0 Å². The second-order valence-electron chi connectivity index (χ2n) is 4.50. The van der Waals surface area contributed by atoms with Crippen LogP contribution in [0.5, 0.6) is 0 Å². The van der Waals surface area contributed by atoms with Crippen molar-refractivity contribution in [2.45, 2.75) is 0 Å². The maximum Gasteiger partial charge on any atom is 0.283 e. The van der Waals surface area contributed by atoms with Crippen LogP contribution in [0.25, 0.3) is 21.8 Å². The Bertz CT molecular complexity index is 1110. The number of benzene rings is 2. The van der Waals surface area contributed by atoms with E-state index in [1.165, 1.54) is 0 Å². The minimum absolute atomic E-state index is 0.335. The van der Waals surface area contributed by atoms with E-state index < -0.39 is 5.56 Å². The van der Waals surface area contributed by atoms with Crippen molar-refractivity contribution in [3.05, 3.63) is 66.6 Å². The molecule has 2 aromatic heterocycles. The monoisotopic (exact) mass is 348 g/mol. The molecule has 0 saturated heterocycles. The summed E-state index contributed by atoms with van der Waals surface area (Å²) >= 11 is 9.53. The van der Waals surface area contributed by atoms with Gasteiger partial charge in [-0.2, -0.15) is 4.52 Å². The van der Waals surface area contributed by atoms with Gasteiger partial charge in [0, 0.05) is 4.47 Å². The summed E-state index contributed by atoms with van der Waals surface area (Å²) < 4.78 is 3.50. The molecule has 0 N–H and O–H groups in total. The van der Waals surface area contributed by atoms with E-state index in [9.17, 15) is 9.59 Å². The van der Waals surface area contributed by atoms with Gasteiger partial charge in [-0.05, 0) is 40.2 Å². The molecule has 0 spiro atoms. The van der Waals surface area contributed by atoms with Crippen LogP contribution in [0, 0.1) is 0 Å². The average Bonchev–Trinajstić information content (AvgIpc) is 2.88. The van der Waals surface area contributed by atoms with E-state index in [0.717, 1.165) is 8.99 Å². The lowest BCUT2D eigenvalue weighted by atomic mass is 10.2. The summed E-state index contributed by atoms with van der Waals surface area (Å²) in [7, 11) is 0. The fraction of sp³-hybridized carbons (Fsp3) is 0. The molecule has 20 heavy (non-hydrogen) atoms. The first kappa shape index (κ1) is 11.9. The molecule has 4 aromatic rings. The molecule has 0 radical (unpaired) electrons. The molecule has 4 rings (SSSR count). The third kappa shape index (κ3) is 1.26. The summed E-state index contributed by atoms with van der Waals surface area (Å²) in [5.74, 6) is 0. The normalized spacial score (nSPS) is 11.9. The topological polar surface area (TPSA) is 43.0 Å². The molecular formula is C14H6BrClN2O2. The van der Waals surface area contributed by atoms with Crippen LogP contribution in [0.3, 0.4) is 0 Å². The molecular weight excluding hydrogens is 344 g/mol. The molecule has 4 nitrogen and oxygen atoms in total. The minimum Gasteiger partial charge on any atom is -0.267 e. The number of aromatic nitrogens is 2. The third-order valence-electron chi connectivity index (χ3n) is 3.45. The zero-order valence-corrected chi connectivity index (χ0v) is 12.3. The summed E-state index contributed by atoms with van der Waals surface area (Å²) in [6.45, 7) is 0. The molecule has 0 unspecified atom stereocenters. The number of halogens is 2. The average molecular weight is 350 g/mol. The fourth-order valence-electron chi connectivity index (χ4n) is 2.63. The molecule has 0 aliphatic heterocycles. The Morgan fingerprint density at radius 1 is 0.950 bits per heavy atom. The summed E-state index contributed by atoms with van der Waals surface area (Å²) in [6, 6.07) is 10.5. The number of hydrogen-bond donors (Lipinski definition) is 0. The van der Waals surface area contributed by atoms with E-state index in [1.54, 1.807) is 34.8 Å². The van der Waals surface area contributed by atoms with Gasteiger partial charge in [0.1, 0.15) is 0 Å². The van der Waals surface area contributed by atoms with Crippen LogP contribution >= 0.6 is 27.5 Å². The van der Waals surface area contributed by atoms with E-state index >= 15 is 0 Å². The van der Waals surface area contributed by atoms with Crippen molar-refractivity contribution in [1.29, 1.82) is 0 Å². The predicted octanol–water partition coefficient (Wildman–Crippen LogP) is 2.92. The van der Waals surface area contributed by atoms with Crippen molar-refractivity contribution in [1.82, 2.24) is 9.03 Å². The van der Waals surface area contributed by atoms with Crippen LogP contribution < -0.4 is 11.1 Å². The van der Waals surface area contributed by atoms with Crippen molar-refractivity contribution in [2.75, 3.05) is 0 Å². The number of rotatable bonds is 0. The van der Waals surface area contributed by atoms with Crippen LogP contribution in [0.4, 0.5) is 0 Å². The third-order valence-corrected chi connectivity index (χ3v) is 4.40. The van der Waals surface area contributed by atoms with Gasteiger partial charge in [0.25, 0.3) is 11.1 Å². The quantitative estimate of drug-likeness (QED) is 0.490. The lowest BCUT2D eigenvalue weighted by molar-refractivity contribution is 0.840. The van der Waals surface area contributed by atoms with Gasteiger partial charge in [-0.25, -0.2) is 4.52 Å². The smallest absolute Gasteiger partial charge is 0.267 e. The first-order valence-electron chi connectivity index (χ1n) is 5.87. The van der Waals surface area contributed by atoms with Crippen LogP contribution in [0.2, 0.25) is 5.02 Å². The van der Waals surface area contributed by atoms with Gasteiger partial charge in [-0.3, -0.25) is 9.59 Å². The van der Waals surface area contributed by atoms with E-state index in [-0.39, 0.29) is 5.56 Å². The number of nitrogens with zero attached hydrogens (tertiary/aromatic N) is 2. The van der Waals surface area contributed by atoms with Gasteiger partial charge in [0.2, 0.25) is 0 Å². The van der Waals surface area contributed by atoms with Crippen LogP contribution in [0.15, 0.2) is 50.5 Å². The zero-order chi connectivity index (χ0) is 14.0. The molecule has 0 fully saturated rings. The Labute approximate surface area is 125 Å². The Morgan fingerprint density at radius 3 is 2.50 bits per heavy atom. The Morgan fingerprint density at radius 2 is 1.70 bits per heavy atom. The number of fused-ring (bicyclic) bond motifs is 5. The van der Waals surface area contributed by atoms with Gasteiger partial charge in [-0.15, -0.1) is 0 Å². The second kappa shape index (κ2) is 3.84. The number of para-hydroxylation sites is 1. The summed E-state index contributed by atoms with van der Waals surface area (Å²) in [4.78, 5) is 24.9. The molecule has 0 aliphatic carbocycles. The van der Waals surface area contributed by atoms with E-state index in [1.807, 2.05) is 6.07 Å². The highest BCUT2D eigenvalue weighted by atomic mass is 79.9. The van der Waals surface area contributed by atoms with Crippen molar-refractivity contribution in [3.8, 4) is 0 Å². The fourth-order valence-corrected chi connectivity index (χ4v) is 3.41. The van der Waals surface area contributed by atoms with Crippen molar-refractivity contribution < 1.29 is 0 Å². The van der Waals surface area contributed by atoms with Crippen molar-refractivity contribution >= 4 is 49.3 Å². The van der Waals surface area contributed by atoms with Gasteiger partial charge < -0.3 is 0 Å². The van der Waals surface area contributed by atoms with E-state index in [0.29, 0.717) is 26.8 Å². The first-order chi connectivity index (χ1) is 9.61. The Hall–Kier alpha value is -1.85. The molecule has 98 valence electrons. The van der Waals surface area contributed by atoms with Crippen molar-refractivity contribution in [3.63, 3.8) is 0 Å². The molecule has 0 bridgehead atoms. The minimum atomic E-state index is -0.390. The molecule has 2 aromatic carbocycles. The standard InChI is InChI=1S/C14H6BrClN2O2/c15-8-4-1-3-7-12(8)17-10-6-2-5-9(16)11(10)14(20)18(17)13(7)19/h1-6H. The summed E-state index contributed by atoms with van der Waals surface area (Å²) in [6.07, 6.45) is 0. The molecule has 2 heterocycles. The van der Waals surface area contributed by atoms with Crippen molar-refractivity contribution in [2.24, 2.45) is 0 Å². The lowest BCUT2D eigenvalue weighted by Crippen LogP contribution is -2.21. The highest BCUT2D eigenvalue weighted by Gasteiger charge is 2.19. The Kier molecular flexibility index (Phi) is 2.29. The molecule has 6 heteroatoms. The van der Waals surface area contributed by atoms with E-state index in [4.69, 9.17) is 11.6 Å². The molecule has 0 aliphatic rings. The second-order valence-corrected chi connectivity index (χ2v) is 5.77. The van der Waals surface area contributed by atoms with Crippen LogP contribution in [-0.2, 0) is 0 Å². The zero-order valence-electron chi connectivity index (χ0n) is 9.93. The molecule has 0 saturated carbocycles. The molecule has 0 atom stereocenters. The largest absolute Gasteiger partial charge is 0.283 e. The maximum atomic E-state index is 12.5. The van der Waals surface area contributed by atoms with Gasteiger partial charge in [0.05, 0.1) is 26.8 Å². The SMILES string of the molecule is O=c1c2cccc(Br)c2n2c3cccc(Cl)c3c(=O)n12. The van der Waals surface area contributed by atoms with E-state index in [2.05, 4.69) is 15.9 Å². The predicted molar refractivity (Wildman–Crippen MR) is 82.3 cm³/mol. The number of hydrogen-bond acceptors (Lipinski definition) is 2. The highest BCUT2D eigenvalue weighted by molar-refractivity contribution is 9.10. The maximum absolute atomic E-state index is 12.5. The van der Waals surface area contributed by atoms with Crippen LogP contribution in [-0.4, -0.2) is 9.03 Å². The highest BCUT2D eigenvalue weighted by Crippen LogP contribution is 2.26. The van der Waals surface area contributed by atoms with Gasteiger partial charge >= 0.3 is 0 Å².